The smallest absolute Gasteiger partial charge is 0.349 e. The van der Waals surface area contributed by atoms with Crippen LogP contribution in [0.15, 0.2) is 22.2 Å². The van der Waals surface area contributed by atoms with Crippen molar-refractivity contribution in [2.75, 3.05) is 6.61 Å². The number of hydrogen-bond acceptors (Lipinski definition) is 7. The normalized spacial score (nSPS) is 32.9. The minimum Gasteiger partial charge on any atom is -0.393 e. The van der Waals surface area contributed by atoms with Crippen molar-refractivity contribution in [1.82, 2.24) is 9.55 Å². The lowest BCUT2D eigenvalue weighted by atomic mass is 10.1. The number of azide groups is 1. The highest BCUT2D eigenvalue weighted by molar-refractivity contribution is 5.02. The van der Waals surface area contributed by atoms with Crippen molar-refractivity contribution in [1.29, 1.82) is 0 Å². The summed E-state index contributed by atoms with van der Waals surface area (Å²) in [5.74, 6) is 0. The first-order valence-electron chi connectivity index (χ1n) is 5.72. The fourth-order valence-corrected chi connectivity index (χ4v) is 2.00. The van der Waals surface area contributed by atoms with E-state index >= 15 is 0 Å². The zero-order valence-corrected chi connectivity index (χ0v) is 10.5. The van der Waals surface area contributed by atoms with E-state index in [-0.39, 0.29) is 0 Å². The highest BCUT2D eigenvalue weighted by atomic mass is 16.6. The number of aliphatic hydroxyl groups excluding tert-OH is 3. The summed E-state index contributed by atoms with van der Waals surface area (Å²) in [6, 6.07) is 1.51. The molecule has 2 heterocycles. The van der Waals surface area contributed by atoms with E-state index in [0.29, 0.717) is 5.69 Å². The van der Waals surface area contributed by atoms with E-state index in [2.05, 4.69) is 15.0 Å². The SMILES string of the molecule is Cc1ccn([C@@H]2O[C@@](CO)(N=[N+]=[N-])[C@H](O)[C@H]2O)c(=O)n1. The summed E-state index contributed by atoms with van der Waals surface area (Å²) >= 11 is 0. The van der Waals surface area contributed by atoms with Crippen LogP contribution >= 0.6 is 0 Å². The molecule has 1 aromatic rings. The van der Waals surface area contributed by atoms with Crippen molar-refractivity contribution in [3.05, 3.63) is 38.9 Å². The molecule has 1 aliphatic heterocycles. The lowest BCUT2D eigenvalue weighted by Gasteiger charge is -2.23. The van der Waals surface area contributed by atoms with Gasteiger partial charge in [0.25, 0.3) is 0 Å². The molecular weight excluding hydrogens is 270 g/mol. The van der Waals surface area contributed by atoms with Gasteiger partial charge >= 0.3 is 5.69 Å². The molecule has 10 heteroatoms. The van der Waals surface area contributed by atoms with Crippen LogP contribution in [0.4, 0.5) is 0 Å². The van der Waals surface area contributed by atoms with Crippen molar-refractivity contribution >= 4 is 0 Å². The number of aliphatic hydroxyl groups is 3. The average Bonchev–Trinajstić information content (AvgIpc) is 2.65. The van der Waals surface area contributed by atoms with Gasteiger partial charge in [-0.15, -0.1) is 0 Å². The quantitative estimate of drug-likeness (QED) is 0.359. The molecule has 1 aromatic heterocycles. The Bertz CT molecular complexity index is 612. The zero-order chi connectivity index (χ0) is 14.9. The Morgan fingerprint density at radius 2 is 2.35 bits per heavy atom. The Labute approximate surface area is 112 Å². The van der Waals surface area contributed by atoms with E-state index in [9.17, 15) is 20.1 Å². The fraction of sp³-hybridized carbons (Fsp3) is 0.600. The molecule has 0 radical (unpaired) electrons. The van der Waals surface area contributed by atoms with Gasteiger partial charge in [-0.1, -0.05) is 5.11 Å². The van der Waals surface area contributed by atoms with Crippen molar-refractivity contribution in [2.24, 2.45) is 5.11 Å². The summed E-state index contributed by atoms with van der Waals surface area (Å²) in [6.45, 7) is 0.768. The van der Waals surface area contributed by atoms with Gasteiger partial charge in [0, 0.05) is 16.8 Å². The van der Waals surface area contributed by atoms with Crippen molar-refractivity contribution in [2.45, 2.75) is 31.1 Å². The molecule has 108 valence electrons. The van der Waals surface area contributed by atoms with E-state index in [1.54, 1.807) is 6.92 Å². The van der Waals surface area contributed by atoms with Crippen molar-refractivity contribution in [3.63, 3.8) is 0 Å². The number of aromatic nitrogens is 2. The summed E-state index contributed by atoms with van der Waals surface area (Å²) < 4.78 is 6.17. The molecule has 3 N–H and O–H groups in total. The third-order valence-electron chi connectivity index (χ3n) is 3.09. The van der Waals surface area contributed by atoms with Crippen LogP contribution in [0.5, 0.6) is 0 Å². The molecule has 10 nitrogen and oxygen atoms in total. The molecule has 0 aliphatic carbocycles. The van der Waals surface area contributed by atoms with Gasteiger partial charge in [0.05, 0.1) is 6.61 Å². The summed E-state index contributed by atoms with van der Waals surface area (Å²) in [7, 11) is 0. The van der Waals surface area contributed by atoms with Gasteiger partial charge in [0.15, 0.2) is 6.23 Å². The van der Waals surface area contributed by atoms with Gasteiger partial charge in [0.2, 0.25) is 5.72 Å². The van der Waals surface area contributed by atoms with Crippen LogP contribution in [0.3, 0.4) is 0 Å². The van der Waals surface area contributed by atoms with Crippen molar-refractivity contribution < 1.29 is 20.1 Å². The monoisotopic (exact) mass is 283 g/mol. The van der Waals surface area contributed by atoms with Crippen LogP contribution in [0.1, 0.15) is 11.9 Å². The molecule has 2 rings (SSSR count). The maximum absolute atomic E-state index is 11.7. The van der Waals surface area contributed by atoms with Gasteiger partial charge in [0.1, 0.15) is 12.2 Å². The molecule has 0 bridgehead atoms. The lowest BCUT2D eigenvalue weighted by molar-refractivity contribution is -0.125. The fourth-order valence-electron chi connectivity index (χ4n) is 2.00. The average molecular weight is 283 g/mol. The van der Waals surface area contributed by atoms with Crippen LogP contribution in [0.2, 0.25) is 0 Å². The summed E-state index contributed by atoms with van der Waals surface area (Å²) in [5, 5.41) is 32.3. The Balaban J connectivity index is 2.45. The van der Waals surface area contributed by atoms with Crippen LogP contribution < -0.4 is 5.69 Å². The second-order valence-corrected chi connectivity index (χ2v) is 4.39. The Morgan fingerprint density at radius 1 is 1.65 bits per heavy atom. The third-order valence-corrected chi connectivity index (χ3v) is 3.09. The van der Waals surface area contributed by atoms with Crippen LogP contribution in [0, 0.1) is 6.92 Å². The van der Waals surface area contributed by atoms with Crippen LogP contribution in [-0.4, -0.2) is 49.4 Å². The van der Waals surface area contributed by atoms with Crippen LogP contribution in [-0.2, 0) is 4.74 Å². The first kappa shape index (κ1) is 14.4. The van der Waals surface area contributed by atoms with Gasteiger partial charge in [-0.2, -0.15) is 4.98 Å². The summed E-state index contributed by atoms with van der Waals surface area (Å²) in [5.41, 5.74) is 6.21. The lowest BCUT2D eigenvalue weighted by Crippen LogP contribution is -2.44. The van der Waals surface area contributed by atoms with Crippen LogP contribution in [0.25, 0.3) is 10.4 Å². The largest absolute Gasteiger partial charge is 0.393 e. The Hall–Kier alpha value is -1.97. The summed E-state index contributed by atoms with van der Waals surface area (Å²) in [4.78, 5) is 17.9. The van der Waals surface area contributed by atoms with Gasteiger partial charge < -0.3 is 20.1 Å². The maximum atomic E-state index is 11.7. The predicted molar refractivity (Wildman–Crippen MR) is 64.3 cm³/mol. The number of hydrogen-bond donors (Lipinski definition) is 3. The van der Waals surface area contributed by atoms with E-state index in [1.807, 2.05) is 0 Å². The molecule has 1 fully saturated rings. The Morgan fingerprint density at radius 3 is 2.90 bits per heavy atom. The van der Waals surface area contributed by atoms with Gasteiger partial charge in [-0.25, -0.2) is 4.79 Å². The molecular formula is C10H13N5O5. The maximum Gasteiger partial charge on any atom is 0.349 e. The summed E-state index contributed by atoms with van der Waals surface area (Å²) in [6.07, 6.45) is -3.23. The Kier molecular flexibility index (Phi) is 3.75. The molecule has 0 unspecified atom stereocenters. The molecule has 0 saturated carbocycles. The molecule has 4 atom stereocenters. The third kappa shape index (κ3) is 2.15. The molecule has 20 heavy (non-hydrogen) atoms. The first-order chi connectivity index (χ1) is 9.45. The minimum atomic E-state index is -2.04. The molecule has 1 aliphatic rings. The second-order valence-electron chi connectivity index (χ2n) is 4.39. The second kappa shape index (κ2) is 5.19. The van der Waals surface area contributed by atoms with E-state index < -0.39 is 36.5 Å². The predicted octanol–water partition coefficient (Wildman–Crippen LogP) is -1.20. The minimum absolute atomic E-state index is 0.475. The van der Waals surface area contributed by atoms with Gasteiger partial charge in [-0.3, -0.25) is 4.57 Å². The molecule has 1 saturated heterocycles. The van der Waals surface area contributed by atoms with E-state index in [4.69, 9.17) is 10.3 Å². The topological polar surface area (TPSA) is 154 Å². The molecule has 0 spiro atoms. The number of nitrogens with zero attached hydrogens (tertiary/aromatic N) is 5. The molecule has 0 amide bonds. The van der Waals surface area contributed by atoms with E-state index in [0.717, 1.165) is 4.57 Å². The number of ether oxygens (including phenoxy) is 1. The number of aryl methyl sites for hydroxylation is 1. The highest BCUT2D eigenvalue weighted by Crippen LogP contribution is 2.37. The van der Waals surface area contributed by atoms with E-state index in [1.165, 1.54) is 12.3 Å². The first-order valence-corrected chi connectivity index (χ1v) is 5.72. The van der Waals surface area contributed by atoms with Crippen molar-refractivity contribution in [3.8, 4) is 0 Å². The standard InChI is InChI=1S/C10H13N5O5/c1-5-2-3-15(9(19)12-5)8-6(17)7(18)10(4-16,20-8)13-14-11/h2-3,6-8,16-18H,4H2,1H3/t6-,7-,8-,10-/m1/s1. The number of rotatable bonds is 3. The zero-order valence-electron chi connectivity index (χ0n) is 10.5. The molecule has 0 aromatic carbocycles. The highest BCUT2D eigenvalue weighted by Gasteiger charge is 2.54. The van der Waals surface area contributed by atoms with Gasteiger partial charge in [-0.05, 0) is 18.5 Å².